The maximum Gasteiger partial charge on any atom is 0.387 e. The van der Waals surface area contributed by atoms with Crippen LogP contribution in [0.1, 0.15) is 17.9 Å². The van der Waals surface area contributed by atoms with Gasteiger partial charge in [-0.05, 0) is 23.8 Å². The number of benzene rings is 2. The van der Waals surface area contributed by atoms with Gasteiger partial charge in [-0.25, -0.2) is 0 Å². The standard InChI is InChI=1S/C17H14F2N2O3/c18-17(19)24-14-8-4-3-7-13(14)21-16(23)11-9-15(22)20-12-6-2-1-5-10(11)12/h1-8,11,17H,9H2,(H,20,22)(H,21,23). The van der Waals surface area contributed by atoms with Crippen LogP contribution in [-0.4, -0.2) is 18.4 Å². The van der Waals surface area contributed by atoms with Crippen molar-refractivity contribution in [3.05, 3.63) is 54.1 Å². The predicted octanol–water partition coefficient (Wildman–Crippen LogP) is 3.35. The van der Waals surface area contributed by atoms with Crippen LogP contribution in [0.5, 0.6) is 5.75 Å². The van der Waals surface area contributed by atoms with E-state index in [1.165, 1.54) is 18.2 Å². The number of hydrogen-bond acceptors (Lipinski definition) is 3. The van der Waals surface area contributed by atoms with Gasteiger partial charge >= 0.3 is 6.61 Å². The number of fused-ring (bicyclic) bond motifs is 1. The minimum absolute atomic E-state index is 0.0132. The fourth-order valence-corrected chi connectivity index (χ4v) is 2.63. The third kappa shape index (κ3) is 3.34. The zero-order valence-corrected chi connectivity index (χ0v) is 12.5. The molecule has 1 unspecified atom stereocenters. The number of rotatable bonds is 4. The zero-order chi connectivity index (χ0) is 17.1. The predicted molar refractivity (Wildman–Crippen MR) is 84.1 cm³/mol. The van der Waals surface area contributed by atoms with Crippen molar-refractivity contribution in [3.8, 4) is 5.75 Å². The largest absolute Gasteiger partial charge is 0.433 e. The SMILES string of the molecule is O=C1CC(C(=O)Nc2ccccc2OC(F)F)c2ccccc2N1. The van der Waals surface area contributed by atoms with Crippen molar-refractivity contribution in [2.24, 2.45) is 0 Å². The molecular formula is C17H14F2N2O3. The average Bonchev–Trinajstić information content (AvgIpc) is 2.55. The highest BCUT2D eigenvalue weighted by Crippen LogP contribution is 2.34. The van der Waals surface area contributed by atoms with Crippen LogP contribution in [0.2, 0.25) is 0 Å². The van der Waals surface area contributed by atoms with Crippen molar-refractivity contribution in [2.75, 3.05) is 10.6 Å². The molecule has 0 bridgehead atoms. The molecule has 0 spiro atoms. The highest BCUT2D eigenvalue weighted by atomic mass is 19.3. The van der Waals surface area contributed by atoms with Crippen LogP contribution < -0.4 is 15.4 Å². The summed E-state index contributed by atoms with van der Waals surface area (Å²) in [6, 6.07) is 12.9. The van der Waals surface area contributed by atoms with Gasteiger partial charge in [0, 0.05) is 12.1 Å². The summed E-state index contributed by atoms with van der Waals surface area (Å²) in [5, 5.41) is 5.27. The van der Waals surface area contributed by atoms with E-state index in [0.717, 1.165) is 0 Å². The number of carbonyl (C=O) groups excluding carboxylic acids is 2. The number of para-hydroxylation sites is 3. The van der Waals surface area contributed by atoms with Crippen LogP contribution in [0.4, 0.5) is 20.2 Å². The Morgan fingerprint density at radius 2 is 1.88 bits per heavy atom. The van der Waals surface area contributed by atoms with E-state index in [2.05, 4.69) is 15.4 Å². The minimum Gasteiger partial charge on any atom is -0.433 e. The van der Waals surface area contributed by atoms with E-state index in [-0.39, 0.29) is 23.8 Å². The summed E-state index contributed by atoms with van der Waals surface area (Å²) in [5.41, 5.74) is 1.39. The molecule has 3 rings (SSSR count). The Labute approximate surface area is 136 Å². The number of nitrogens with one attached hydrogen (secondary N) is 2. The number of hydrogen-bond donors (Lipinski definition) is 2. The molecule has 0 aliphatic carbocycles. The summed E-state index contributed by atoms with van der Waals surface area (Å²) in [7, 11) is 0. The van der Waals surface area contributed by atoms with E-state index in [9.17, 15) is 18.4 Å². The fourth-order valence-electron chi connectivity index (χ4n) is 2.63. The molecule has 1 aliphatic rings. The van der Waals surface area contributed by atoms with Crippen LogP contribution in [0.15, 0.2) is 48.5 Å². The molecule has 124 valence electrons. The van der Waals surface area contributed by atoms with Gasteiger partial charge in [-0.15, -0.1) is 0 Å². The molecule has 0 radical (unpaired) electrons. The summed E-state index contributed by atoms with van der Waals surface area (Å²) in [6.07, 6.45) is -0.0132. The highest BCUT2D eigenvalue weighted by molar-refractivity contribution is 6.05. The summed E-state index contributed by atoms with van der Waals surface area (Å²) in [4.78, 5) is 24.4. The molecule has 2 aromatic rings. The van der Waals surface area contributed by atoms with Crippen LogP contribution >= 0.6 is 0 Å². The molecule has 0 saturated carbocycles. The quantitative estimate of drug-likeness (QED) is 0.902. The normalized spacial score (nSPS) is 16.3. The number of carbonyl (C=O) groups is 2. The molecule has 0 aromatic heterocycles. The van der Waals surface area contributed by atoms with Crippen molar-refractivity contribution < 1.29 is 23.1 Å². The van der Waals surface area contributed by atoms with Crippen LogP contribution in [0, 0.1) is 0 Å². The summed E-state index contributed by atoms with van der Waals surface area (Å²) >= 11 is 0. The average molecular weight is 332 g/mol. The van der Waals surface area contributed by atoms with Gasteiger partial charge in [0.1, 0.15) is 5.75 Å². The monoisotopic (exact) mass is 332 g/mol. The van der Waals surface area contributed by atoms with Gasteiger partial charge in [-0.1, -0.05) is 30.3 Å². The molecule has 1 atom stereocenters. The molecule has 2 N–H and O–H groups in total. The third-order valence-electron chi connectivity index (χ3n) is 3.68. The topological polar surface area (TPSA) is 67.4 Å². The van der Waals surface area contributed by atoms with Gasteiger partial charge in [0.25, 0.3) is 0 Å². The molecular weight excluding hydrogens is 318 g/mol. The van der Waals surface area contributed by atoms with Gasteiger partial charge in [0.15, 0.2) is 0 Å². The van der Waals surface area contributed by atoms with Gasteiger partial charge in [0.05, 0.1) is 11.6 Å². The lowest BCUT2D eigenvalue weighted by atomic mass is 9.90. The minimum atomic E-state index is -3.00. The Bertz CT molecular complexity index is 780. The first-order chi connectivity index (χ1) is 11.5. The molecule has 24 heavy (non-hydrogen) atoms. The summed E-state index contributed by atoms with van der Waals surface area (Å²) in [5.74, 6) is -1.56. The molecule has 0 saturated heterocycles. The Hall–Kier alpha value is -2.96. The third-order valence-corrected chi connectivity index (χ3v) is 3.68. The van der Waals surface area contributed by atoms with E-state index in [4.69, 9.17) is 0 Å². The Morgan fingerprint density at radius 1 is 1.17 bits per heavy atom. The summed E-state index contributed by atoms with van der Waals surface area (Å²) < 4.78 is 29.3. The van der Waals surface area contributed by atoms with E-state index in [1.54, 1.807) is 30.3 Å². The second-order valence-electron chi connectivity index (χ2n) is 5.26. The van der Waals surface area contributed by atoms with Gasteiger partial charge < -0.3 is 15.4 Å². The second-order valence-corrected chi connectivity index (χ2v) is 5.26. The maximum atomic E-state index is 12.6. The zero-order valence-electron chi connectivity index (χ0n) is 12.5. The van der Waals surface area contributed by atoms with E-state index in [0.29, 0.717) is 11.3 Å². The first-order valence-electron chi connectivity index (χ1n) is 7.28. The maximum absolute atomic E-state index is 12.6. The number of ether oxygens (including phenoxy) is 1. The number of amides is 2. The lowest BCUT2D eigenvalue weighted by molar-refractivity contribution is -0.123. The lowest BCUT2D eigenvalue weighted by Gasteiger charge is -2.25. The van der Waals surface area contributed by atoms with Gasteiger partial charge in [-0.2, -0.15) is 8.78 Å². The number of halogens is 2. The lowest BCUT2D eigenvalue weighted by Crippen LogP contribution is -2.30. The van der Waals surface area contributed by atoms with Crippen molar-refractivity contribution >= 4 is 23.2 Å². The fraction of sp³-hybridized carbons (Fsp3) is 0.176. The molecule has 5 nitrogen and oxygen atoms in total. The first kappa shape index (κ1) is 15.9. The Morgan fingerprint density at radius 3 is 2.67 bits per heavy atom. The van der Waals surface area contributed by atoms with Crippen molar-refractivity contribution in [2.45, 2.75) is 19.0 Å². The van der Waals surface area contributed by atoms with E-state index >= 15 is 0 Å². The van der Waals surface area contributed by atoms with E-state index in [1.807, 2.05) is 0 Å². The number of alkyl halides is 2. The Kier molecular flexibility index (Phi) is 4.41. The number of anilines is 2. The molecule has 7 heteroatoms. The smallest absolute Gasteiger partial charge is 0.387 e. The molecule has 1 aliphatic heterocycles. The molecule has 0 fully saturated rings. The molecule has 1 heterocycles. The van der Waals surface area contributed by atoms with Crippen LogP contribution in [0.3, 0.4) is 0 Å². The van der Waals surface area contributed by atoms with Crippen LogP contribution in [-0.2, 0) is 9.59 Å². The van der Waals surface area contributed by atoms with Crippen molar-refractivity contribution in [1.29, 1.82) is 0 Å². The Balaban J connectivity index is 1.85. The first-order valence-corrected chi connectivity index (χ1v) is 7.28. The van der Waals surface area contributed by atoms with Gasteiger partial charge in [0.2, 0.25) is 11.8 Å². The summed E-state index contributed by atoms with van der Waals surface area (Å²) in [6.45, 7) is -3.00. The molecule has 2 amide bonds. The van der Waals surface area contributed by atoms with Crippen LogP contribution in [0.25, 0.3) is 0 Å². The van der Waals surface area contributed by atoms with Crippen molar-refractivity contribution in [1.82, 2.24) is 0 Å². The van der Waals surface area contributed by atoms with E-state index < -0.39 is 18.4 Å². The van der Waals surface area contributed by atoms with Gasteiger partial charge in [-0.3, -0.25) is 9.59 Å². The second kappa shape index (κ2) is 6.66. The molecule has 2 aromatic carbocycles. The van der Waals surface area contributed by atoms with Crippen molar-refractivity contribution in [3.63, 3.8) is 0 Å². The highest BCUT2D eigenvalue weighted by Gasteiger charge is 2.30.